The van der Waals surface area contributed by atoms with E-state index in [0.717, 1.165) is 42.2 Å². The molecule has 0 saturated heterocycles. The SMILES string of the molecule is CCN(CC)CCC(N)c1ccc(C)c(Cl)c1. The molecule has 17 heavy (non-hydrogen) atoms. The molecule has 0 aromatic heterocycles. The highest BCUT2D eigenvalue weighted by Crippen LogP contribution is 2.22. The van der Waals surface area contributed by atoms with Crippen LogP contribution in [-0.2, 0) is 0 Å². The van der Waals surface area contributed by atoms with Crippen LogP contribution in [0.25, 0.3) is 0 Å². The lowest BCUT2D eigenvalue weighted by Crippen LogP contribution is -2.27. The predicted octanol–water partition coefficient (Wildman–Crippen LogP) is 3.38. The molecular weight excluding hydrogens is 232 g/mol. The Morgan fingerprint density at radius 2 is 1.94 bits per heavy atom. The van der Waals surface area contributed by atoms with Crippen LogP contribution in [0.3, 0.4) is 0 Å². The first-order chi connectivity index (χ1) is 8.08. The zero-order valence-electron chi connectivity index (χ0n) is 11.0. The van der Waals surface area contributed by atoms with Gasteiger partial charge < -0.3 is 10.6 Å². The first kappa shape index (κ1) is 14.5. The number of hydrogen-bond donors (Lipinski definition) is 1. The van der Waals surface area contributed by atoms with Gasteiger partial charge in [0, 0.05) is 11.1 Å². The fourth-order valence-corrected chi connectivity index (χ4v) is 2.06. The van der Waals surface area contributed by atoms with E-state index in [0.29, 0.717) is 0 Å². The van der Waals surface area contributed by atoms with Gasteiger partial charge in [-0.3, -0.25) is 0 Å². The van der Waals surface area contributed by atoms with Gasteiger partial charge in [-0.05, 0) is 50.2 Å². The van der Waals surface area contributed by atoms with Gasteiger partial charge in [0.25, 0.3) is 0 Å². The molecule has 1 atom stereocenters. The Bertz CT molecular complexity index is 348. The smallest absolute Gasteiger partial charge is 0.0438 e. The van der Waals surface area contributed by atoms with E-state index in [4.69, 9.17) is 17.3 Å². The van der Waals surface area contributed by atoms with E-state index in [-0.39, 0.29) is 6.04 Å². The minimum atomic E-state index is 0.0775. The molecule has 0 fully saturated rings. The summed E-state index contributed by atoms with van der Waals surface area (Å²) in [6, 6.07) is 6.18. The fourth-order valence-electron chi connectivity index (χ4n) is 1.87. The Kier molecular flexibility index (Phi) is 5.96. The van der Waals surface area contributed by atoms with Crippen LogP contribution in [0.4, 0.5) is 0 Å². The normalized spacial score (nSPS) is 13.1. The molecule has 1 aromatic rings. The maximum absolute atomic E-state index is 6.19. The number of halogens is 1. The Morgan fingerprint density at radius 3 is 2.47 bits per heavy atom. The highest BCUT2D eigenvalue weighted by Gasteiger charge is 2.09. The lowest BCUT2D eigenvalue weighted by Gasteiger charge is -2.21. The second kappa shape index (κ2) is 7.00. The minimum absolute atomic E-state index is 0.0775. The second-order valence-electron chi connectivity index (χ2n) is 4.43. The molecule has 1 rings (SSSR count). The minimum Gasteiger partial charge on any atom is -0.324 e. The van der Waals surface area contributed by atoms with E-state index in [1.54, 1.807) is 0 Å². The quantitative estimate of drug-likeness (QED) is 0.843. The molecule has 0 radical (unpaired) electrons. The Balaban J connectivity index is 2.57. The third-order valence-electron chi connectivity index (χ3n) is 3.27. The second-order valence-corrected chi connectivity index (χ2v) is 4.84. The van der Waals surface area contributed by atoms with Crippen LogP contribution in [0.2, 0.25) is 5.02 Å². The zero-order chi connectivity index (χ0) is 12.8. The van der Waals surface area contributed by atoms with Crippen molar-refractivity contribution in [3.63, 3.8) is 0 Å². The molecule has 3 heteroatoms. The average molecular weight is 255 g/mol. The van der Waals surface area contributed by atoms with Crippen molar-refractivity contribution in [3.05, 3.63) is 34.3 Å². The molecule has 0 amide bonds. The maximum Gasteiger partial charge on any atom is 0.0438 e. The Hall–Kier alpha value is -0.570. The average Bonchev–Trinajstić information content (AvgIpc) is 2.33. The Labute approximate surface area is 110 Å². The summed E-state index contributed by atoms with van der Waals surface area (Å²) in [6.07, 6.45) is 0.973. The van der Waals surface area contributed by atoms with Crippen LogP contribution < -0.4 is 5.73 Å². The summed E-state index contributed by atoms with van der Waals surface area (Å²) in [6.45, 7) is 9.57. The number of nitrogens with zero attached hydrogens (tertiary/aromatic N) is 1. The van der Waals surface area contributed by atoms with Crippen LogP contribution in [0.1, 0.15) is 37.4 Å². The van der Waals surface area contributed by atoms with E-state index in [2.05, 4.69) is 24.8 Å². The molecule has 1 unspecified atom stereocenters. The monoisotopic (exact) mass is 254 g/mol. The van der Waals surface area contributed by atoms with Crippen molar-refractivity contribution in [1.29, 1.82) is 0 Å². The third kappa shape index (κ3) is 4.30. The van der Waals surface area contributed by atoms with Crippen LogP contribution in [0, 0.1) is 6.92 Å². The van der Waals surface area contributed by atoms with E-state index in [1.165, 1.54) is 0 Å². The standard InChI is InChI=1S/C14H23ClN2/c1-4-17(5-2)9-8-14(16)12-7-6-11(3)13(15)10-12/h6-7,10,14H,4-5,8-9,16H2,1-3H3. The molecule has 2 N–H and O–H groups in total. The molecule has 0 aliphatic carbocycles. The third-order valence-corrected chi connectivity index (χ3v) is 3.68. The summed E-state index contributed by atoms with van der Waals surface area (Å²) >= 11 is 6.11. The van der Waals surface area contributed by atoms with Crippen LogP contribution in [0.5, 0.6) is 0 Å². The molecule has 0 aliphatic heterocycles. The van der Waals surface area contributed by atoms with Gasteiger partial charge in [0.05, 0.1) is 0 Å². The van der Waals surface area contributed by atoms with Gasteiger partial charge in [0.1, 0.15) is 0 Å². The number of rotatable bonds is 6. The number of nitrogens with two attached hydrogens (primary N) is 1. The number of hydrogen-bond acceptors (Lipinski definition) is 2. The van der Waals surface area contributed by atoms with Gasteiger partial charge in [-0.25, -0.2) is 0 Å². The molecule has 0 heterocycles. The molecule has 2 nitrogen and oxygen atoms in total. The van der Waals surface area contributed by atoms with Crippen LogP contribution >= 0.6 is 11.6 Å². The molecule has 0 saturated carbocycles. The van der Waals surface area contributed by atoms with Crippen LogP contribution in [0.15, 0.2) is 18.2 Å². The summed E-state index contributed by atoms with van der Waals surface area (Å²) in [4.78, 5) is 2.38. The first-order valence-corrected chi connectivity index (χ1v) is 6.70. The summed E-state index contributed by atoms with van der Waals surface area (Å²) in [5.41, 5.74) is 8.42. The van der Waals surface area contributed by atoms with Crippen molar-refractivity contribution in [2.24, 2.45) is 5.73 Å². The van der Waals surface area contributed by atoms with Gasteiger partial charge in [-0.15, -0.1) is 0 Å². The topological polar surface area (TPSA) is 29.3 Å². The van der Waals surface area contributed by atoms with Crippen LogP contribution in [-0.4, -0.2) is 24.5 Å². The molecule has 0 aliphatic rings. The summed E-state index contributed by atoms with van der Waals surface area (Å²) in [7, 11) is 0. The number of aryl methyl sites for hydroxylation is 1. The summed E-state index contributed by atoms with van der Waals surface area (Å²) < 4.78 is 0. The van der Waals surface area contributed by atoms with E-state index >= 15 is 0 Å². The fraction of sp³-hybridized carbons (Fsp3) is 0.571. The largest absolute Gasteiger partial charge is 0.324 e. The first-order valence-electron chi connectivity index (χ1n) is 6.32. The van der Waals surface area contributed by atoms with E-state index in [1.807, 2.05) is 19.1 Å². The lowest BCUT2D eigenvalue weighted by atomic mass is 10.0. The molecular formula is C14H23ClN2. The molecule has 0 bridgehead atoms. The molecule has 1 aromatic carbocycles. The Morgan fingerprint density at radius 1 is 1.29 bits per heavy atom. The van der Waals surface area contributed by atoms with Gasteiger partial charge in [-0.2, -0.15) is 0 Å². The summed E-state index contributed by atoms with van der Waals surface area (Å²) in [5.74, 6) is 0. The van der Waals surface area contributed by atoms with Crippen molar-refractivity contribution in [2.75, 3.05) is 19.6 Å². The lowest BCUT2D eigenvalue weighted by molar-refractivity contribution is 0.291. The number of benzene rings is 1. The highest BCUT2D eigenvalue weighted by atomic mass is 35.5. The predicted molar refractivity (Wildman–Crippen MR) is 75.5 cm³/mol. The summed E-state index contributed by atoms with van der Waals surface area (Å²) in [5, 5.41) is 0.806. The molecule has 0 spiro atoms. The maximum atomic E-state index is 6.19. The van der Waals surface area contributed by atoms with Gasteiger partial charge in [-0.1, -0.05) is 37.6 Å². The van der Waals surface area contributed by atoms with Crippen molar-refractivity contribution >= 4 is 11.6 Å². The van der Waals surface area contributed by atoms with Crippen molar-refractivity contribution in [1.82, 2.24) is 4.90 Å². The van der Waals surface area contributed by atoms with E-state index < -0.39 is 0 Å². The van der Waals surface area contributed by atoms with Crippen molar-refractivity contribution in [3.8, 4) is 0 Å². The van der Waals surface area contributed by atoms with Crippen molar-refractivity contribution < 1.29 is 0 Å². The van der Waals surface area contributed by atoms with Gasteiger partial charge >= 0.3 is 0 Å². The zero-order valence-corrected chi connectivity index (χ0v) is 11.8. The van der Waals surface area contributed by atoms with Crippen molar-refractivity contribution in [2.45, 2.75) is 33.2 Å². The highest BCUT2D eigenvalue weighted by molar-refractivity contribution is 6.31. The molecule has 96 valence electrons. The van der Waals surface area contributed by atoms with Gasteiger partial charge in [0.2, 0.25) is 0 Å². The van der Waals surface area contributed by atoms with E-state index in [9.17, 15) is 0 Å². The van der Waals surface area contributed by atoms with Gasteiger partial charge in [0.15, 0.2) is 0 Å².